The van der Waals surface area contributed by atoms with E-state index in [1.165, 1.54) is 24.4 Å². The summed E-state index contributed by atoms with van der Waals surface area (Å²) in [4.78, 5) is 23.4. The molecular formula is C25H24ClFN8O2. The van der Waals surface area contributed by atoms with E-state index in [0.717, 1.165) is 0 Å². The van der Waals surface area contributed by atoms with Crippen LogP contribution in [0.4, 0.5) is 4.39 Å². The number of methoxy groups -OCH3 is 1. The summed E-state index contributed by atoms with van der Waals surface area (Å²) in [5, 5.41) is 8.98. The number of nitrogens with zero attached hydrogens (tertiary/aromatic N) is 7. The number of halogens is 2. The molecule has 2 unspecified atom stereocenters. The zero-order valence-electron chi connectivity index (χ0n) is 20.3. The SMILES string of the molecule is COCC(c1ccc(Cl)c(-n2ncnc2C)c1)N1C(=O)C(c2ccc(-c3ccn(C)n3)cc2F)N=C1N. The molecule has 2 N–H and O–H groups in total. The molecule has 5 rings (SSSR count). The lowest BCUT2D eigenvalue weighted by Crippen LogP contribution is -2.42. The van der Waals surface area contributed by atoms with E-state index in [1.54, 1.807) is 65.9 Å². The highest BCUT2D eigenvalue weighted by Gasteiger charge is 2.40. The zero-order valence-corrected chi connectivity index (χ0v) is 21.1. The number of aryl methyl sites for hydroxylation is 2. The Morgan fingerprint density at radius 3 is 2.68 bits per heavy atom. The molecule has 0 spiro atoms. The van der Waals surface area contributed by atoms with E-state index in [4.69, 9.17) is 22.1 Å². The second-order valence-electron chi connectivity index (χ2n) is 8.61. The lowest BCUT2D eigenvalue weighted by molar-refractivity contribution is -0.130. The third-order valence-electron chi connectivity index (χ3n) is 6.22. The Kier molecular flexibility index (Phi) is 6.48. The Balaban J connectivity index is 1.48. The second kappa shape index (κ2) is 9.75. The number of benzene rings is 2. The van der Waals surface area contributed by atoms with Gasteiger partial charge in [-0.15, -0.1) is 0 Å². The van der Waals surface area contributed by atoms with Crippen LogP contribution in [-0.4, -0.2) is 55.0 Å². The first kappa shape index (κ1) is 24.6. The summed E-state index contributed by atoms with van der Waals surface area (Å²) in [5.74, 6) is -0.417. The first-order valence-corrected chi connectivity index (χ1v) is 11.8. The molecule has 1 amide bonds. The van der Waals surface area contributed by atoms with E-state index in [1.807, 2.05) is 0 Å². The fraction of sp³-hybridized carbons (Fsp3) is 0.240. The van der Waals surface area contributed by atoms with E-state index < -0.39 is 23.8 Å². The lowest BCUT2D eigenvalue weighted by atomic mass is 10.0. The van der Waals surface area contributed by atoms with E-state index in [2.05, 4.69) is 20.2 Å². The highest BCUT2D eigenvalue weighted by molar-refractivity contribution is 6.32. The van der Waals surface area contributed by atoms with Crippen LogP contribution in [0.3, 0.4) is 0 Å². The molecule has 3 heterocycles. The van der Waals surface area contributed by atoms with Crippen molar-refractivity contribution in [2.24, 2.45) is 17.8 Å². The van der Waals surface area contributed by atoms with Crippen LogP contribution in [0.1, 0.15) is 29.0 Å². The van der Waals surface area contributed by atoms with Crippen LogP contribution < -0.4 is 5.73 Å². The summed E-state index contributed by atoms with van der Waals surface area (Å²) in [7, 11) is 3.30. The molecule has 0 aliphatic carbocycles. The van der Waals surface area contributed by atoms with Crippen LogP contribution in [-0.2, 0) is 16.6 Å². The average Bonchev–Trinajstić information content (AvgIpc) is 3.57. The molecule has 37 heavy (non-hydrogen) atoms. The van der Waals surface area contributed by atoms with Gasteiger partial charge in [-0.3, -0.25) is 14.4 Å². The number of rotatable bonds is 7. The first-order valence-electron chi connectivity index (χ1n) is 11.4. The summed E-state index contributed by atoms with van der Waals surface area (Å²) in [6.07, 6.45) is 3.20. The van der Waals surface area contributed by atoms with Crippen molar-refractivity contribution in [2.45, 2.75) is 19.0 Å². The molecule has 190 valence electrons. The second-order valence-corrected chi connectivity index (χ2v) is 9.02. The van der Waals surface area contributed by atoms with E-state index in [-0.39, 0.29) is 18.1 Å². The molecule has 4 aromatic rings. The van der Waals surface area contributed by atoms with Crippen molar-refractivity contribution in [2.75, 3.05) is 13.7 Å². The Morgan fingerprint density at radius 1 is 1.22 bits per heavy atom. The van der Waals surface area contributed by atoms with Crippen LogP contribution in [0.2, 0.25) is 5.02 Å². The summed E-state index contributed by atoms with van der Waals surface area (Å²) in [5.41, 5.74) is 8.86. The molecule has 1 aliphatic heterocycles. The number of hydrogen-bond acceptors (Lipinski definition) is 7. The normalized spacial score (nSPS) is 16.4. The number of amides is 1. The lowest BCUT2D eigenvalue weighted by Gasteiger charge is -2.28. The molecule has 2 aromatic heterocycles. The van der Waals surface area contributed by atoms with Gasteiger partial charge < -0.3 is 10.5 Å². The number of nitrogens with two attached hydrogens (primary N) is 1. The number of carbonyl (C=O) groups excluding carboxylic acids is 1. The molecule has 12 heteroatoms. The minimum absolute atomic E-state index is 0.0290. The molecule has 2 atom stereocenters. The molecule has 0 saturated carbocycles. The fourth-order valence-electron chi connectivity index (χ4n) is 4.40. The van der Waals surface area contributed by atoms with E-state index in [0.29, 0.717) is 33.4 Å². The topological polar surface area (TPSA) is 116 Å². The molecule has 10 nitrogen and oxygen atoms in total. The Morgan fingerprint density at radius 2 is 2.03 bits per heavy atom. The third-order valence-corrected chi connectivity index (χ3v) is 6.54. The van der Waals surface area contributed by atoms with Crippen molar-refractivity contribution in [3.8, 4) is 16.9 Å². The number of ether oxygens (including phenoxy) is 1. The predicted molar refractivity (Wildman–Crippen MR) is 136 cm³/mol. The van der Waals surface area contributed by atoms with Gasteiger partial charge in [-0.1, -0.05) is 29.8 Å². The van der Waals surface area contributed by atoms with Crippen LogP contribution in [0, 0.1) is 12.7 Å². The molecule has 0 saturated heterocycles. The van der Waals surface area contributed by atoms with Crippen LogP contribution in [0.5, 0.6) is 0 Å². The number of aromatic nitrogens is 5. The maximum atomic E-state index is 15.2. The maximum absolute atomic E-state index is 15.2. The smallest absolute Gasteiger partial charge is 0.259 e. The quantitative estimate of drug-likeness (QED) is 0.398. The zero-order chi connectivity index (χ0) is 26.3. The van der Waals surface area contributed by atoms with Crippen LogP contribution in [0.25, 0.3) is 16.9 Å². The van der Waals surface area contributed by atoms with E-state index >= 15 is 4.39 Å². The van der Waals surface area contributed by atoms with Crippen molar-refractivity contribution >= 4 is 23.5 Å². The van der Waals surface area contributed by atoms with Crippen molar-refractivity contribution in [3.05, 3.63) is 82.8 Å². The van der Waals surface area contributed by atoms with E-state index in [9.17, 15) is 4.79 Å². The fourth-order valence-corrected chi connectivity index (χ4v) is 4.60. The Bertz CT molecular complexity index is 1510. The number of carbonyl (C=O) groups is 1. The molecule has 2 aromatic carbocycles. The van der Waals surface area contributed by atoms with Gasteiger partial charge in [-0.25, -0.2) is 19.0 Å². The summed E-state index contributed by atoms with van der Waals surface area (Å²) < 4.78 is 23.9. The highest BCUT2D eigenvalue weighted by Crippen LogP contribution is 2.35. The van der Waals surface area contributed by atoms with Gasteiger partial charge in [-0.05, 0) is 36.8 Å². The minimum atomic E-state index is -1.12. The number of hydrogen-bond donors (Lipinski definition) is 1. The predicted octanol–water partition coefficient (Wildman–Crippen LogP) is 3.35. The highest BCUT2D eigenvalue weighted by atomic mass is 35.5. The summed E-state index contributed by atoms with van der Waals surface area (Å²) >= 11 is 6.44. The maximum Gasteiger partial charge on any atom is 0.259 e. The van der Waals surface area contributed by atoms with Crippen molar-refractivity contribution in [3.63, 3.8) is 0 Å². The van der Waals surface area contributed by atoms with Crippen molar-refractivity contribution < 1.29 is 13.9 Å². The molecule has 0 bridgehead atoms. The standard InChI is InChI=1S/C25H24ClFN8O2/c1-14-29-13-30-35(14)21-11-16(5-7-18(21)26)22(12-37-3)34-24(36)23(31-25(34)28)17-6-4-15(10-19(17)27)20-8-9-33(2)32-20/h4-11,13,22-23H,12H2,1-3H3,(H2,28,31). The Hall–Kier alpha value is -4.09. The van der Waals surface area contributed by atoms with Crippen LogP contribution in [0.15, 0.2) is 60.0 Å². The summed E-state index contributed by atoms with van der Waals surface area (Å²) in [6.45, 7) is 1.92. The number of guanidine groups is 1. The largest absolute Gasteiger partial charge is 0.382 e. The molecule has 0 radical (unpaired) electrons. The van der Waals surface area contributed by atoms with Gasteiger partial charge in [-0.2, -0.15) is 10.2 Å². The molecular weight excluding hydrogens is 499 g/mol. The molecule has 1 aliphatic rings. The van der Waals surface area contributed by atoms with Gasteiger partial charge in [0.1, 0.15) is 18.0 Å². The number of aliphatic imine (C=N–C) groups is 1. The van der Waals surface area contributed by atoms with Gasteiger partial charge >= 0.3 is 0 Å². The van der Waals surface area contributed by atoms with Gasteiger partial charge in [0.15, 0.2) is 12.0 Å². The van der Waals surface area contributed by atoms with Gasteiger partial charge in [0, 0.05) is 31.5 Å². The van der Waals surface area contributed by atoms with Gasteiger partial charge in [0.05, 0.1) is 29.1 Å². The first-order chi connectivity index (χ1) is 17.8. The van der Waals surface area contributed by atoms with Gasteiger partial charge in [0.2, 0.25) is 0 Å². The van der Waals surface area contributed by atoms with Gasteiger partial charge in [0.25, 0.3) is 5.91 Å². The van der Waals surface area contributed by atoms with Crippen molar-refractivity contribution in [1.29, 1.82) is 0 Å². The summed E-state index contributed by atoms with van der Waals surface area (Å²) in [6, 6.07) is 9.89. The minimum Gasteiger partial charge on any atom is -0.382 e. The average molecular weight is 523 g/mol. The Labute approximate surface area is 217 Å². The molecule has 0 fully saturated rings. The van der Waals surface area contributed by atoms with Crippen LogP contribution >= 0.6 is 11.6 Å². The third kappa shape index (κ3) is 4.47. The monoisotopic (exact) mass is 522 g/mol. The van der Waals surface area contributed by atoms with Crippen molar-refractivity contribution in [1.82, 2.24) is 29.4 Å².